The van der Waals surface area contributed by atoms with Crippen molar-refractivity contribution in [2.24, 2.45) is 5.92 Å². The van der Waals surface area contributed by atoms with Gasteiger partial charge in [0, 0.05) is 6.54 Å². The van der Waals surface area contributed by atoms with Gasteiger partial charge >= 0.3 is 5.97 Å². The number of aryl methyl sites for hydroxylation is 1. The van der Waals surface area contributed by atoms with Crippen LogP contribution in [0.15, 0.2) is 48.5 Å². The van der Waals surface area contributed by atoms with Crippen LogP contribution in [-0.2, 0) is 4.79 Å². The highest BCUT2D eigenvalue weighted by Crippen LogP contribution is 2.30. The second-order valence-corrected chi connectivity index (χ2v) is 8.26. The quantitative estimate of drug-likeness (QED) is 0.598. The maximum Gasteiger partial charge on any atom is 0.335 e. The van der Waals surface area contributed by atoms with E-state index < -0.39 is 5.97 Å². The summed E-state index contributed by atoms with van der Waals surface area (Å²) in [6.45, 7) is 6.69. The Morgan fingerprint density at radius 3 is 2.52 bits per heavy atom. The van der Waals surface area contributed by atoms with Crippen LogP contribution in [0.1, 0.15) is 67.1 Å². The Kier molecular flexibility index (Phi) is 7.69. The van der Waals surface area contributed by atoms with Crippen LogP contribution >= 0.6 is 0 Å². The summed E-state index contributed by atoms with van der Waals surface area (Å²) in [5.74, 6) is -0.301. The molecule has 6 nitrogen and oxygen atoms in total. The Morgan fingerprint density at radius 2 is 1.87 bits per heavy atom. The number of carbonyl (C=O) groups is 2. The predicted molar refractivity (Wildman–Crippen MR) is 120 cm³/mol. The molecule has 3 atom stereocenters. The highest BCUT2D eigenvalue weighted by molar-refractivity contribution is 5.87. The zero-order valence-electron chi connectivity index (χ0n) is 18.5. The summed E-state index contributed by atoms with van der Waals surface area (Å²) in [7, 11) is 0. The minimum atomic E-state index is -0.957. The highest BCUT2D eigenvalue weighted by Gasteiger charge is 2.36. The molecule has 1 aliphatic carbocycles. The molecule has 1 saturated carbocycles. The topological polar surface area (TPSA) is 78.9 Å². The van der Waals surface area contributed by atoms with E-state index in [0.717, 1.165) is 42.6 Å². The van der Waals surface area contributed by atoms with Crippen LogP contribution in [0.5, 0.6) is 5.75 Å². The molecule has 1 amide bonds. The number of hydrogen-bond donors (Lipinski definition) is 2. The van der Waals surface area contributed by atoms with Crippen molar-refractivity contribution < 1.29 is 19.5 Å². The molecular formula is C25H32N2O4. The summed E-state index contributed by atoms with van der Waals surface area (Å²) in [4.78, 5) is 30.5. The molecule has 6 heteroatoms. The molecule has 0 radical (unpaired) electrons. The van der Waals surface area contributed by atoms with Gasteiger partial charge < -0.3 is 15.3 Å². The second kappa shape index (κ2) is 10.4. The van der Waals surface area contributed by atoms with E-state index >= 15 is 0 Å². The van der Waals surface area contributed by atoms with Crippen LogP contribution in [0.4, 0.5) is 0 Å². The van der Waals surface area contributed by atoms with Crippen molar-refractivity contribution in [1.29, 1.82) is 0 Å². The molecular weight excluding hydrogens is 392 g/mol. The third kappa shape index (κ3) is 5.85. The van der Waals surface area contributed by atoms with Gasteiger partial charge in [0.15, 0.2) is 0 Å². The minimum Gasteiger partial charge on any atom is -0.478 e. The van der Waals surface area contributed by atoms with Gasteiger partial charge in [0.05, 0.1) is 23.6 Å². The Bertz CT molecular complexity index is 897. The van der Waals surface area contributed by atoms with E-state index in [1.165, 1.54) is 0 Å². The van der Waals surface area contributed by atoms with Crippen molar-refractivity contribution in [2.45, 2.75) is 58.5 Å². The number of hydrogen-bond acceptors (Lipinski definition) is 4. The van der Waals surface area contributed by atoms with Crippen LogP contribution in [0.2, 0.25) is 0 Å². The second-order valence-electron chi connectivity index (χ2n) is 8.26. The van der Waals surface area contributed by atoms with Crippen molar-refractivity contribution in [1.82, 2.24) is 10.4 Å². The number of amides is 1. The lowest BCUT2D eigenvalue weighted by Gasteiger charge is -2.38. The average Bonchev–Trinajstić information content (AvgIpc) is 2.77. The molecule has 0 spiro atoms. The number of benzene rings is 2. The van der Waals surface area contributed by atoms with Crippen LogP contribution in [0.3, 0.4) is 0 Å². The average molecular weight is 425 g/mol. The summed E-state index contributed by atoms with van der Waals surface area (Å²) < 4.78 is 0. The number of nitrogens with one attached hydrogen (secondary N) is 1. The fraction of sp³-hybridized carbons (Fsp3) is 0.440. The first kappa shape index (κ1) is 22.8. The maximum atomic E-state index is 13.2. The summed E-state index contributed by atoms with van der Waals surface area (Å²) >= 11 is 0. The summed E-state index contributed by atoms with van der Waals surface area (Å²) in [5.41, 5.74) is 2.25. The molecule has 0 bridgehead atoms. The molecule has 0 heterocycles. The van der Waals surface area contributed by atoms with Crippen LogP contribution < -0.4 is 10.2 Å². The number of carbonyl (C=O) groups excluding carboxylic acids is 1. The van der Waals surface area contributed by atoms with E-state index in [1.54, 1.807) is 24.3 Å². The smallest absolute Gasteiger partial charge is 0.335 e. The van der Waals surface area contributed by atoms with E-state index in [2.05, 4.69) is 5.32 Å². The van der Waals surface area contributed by atoms with Crippen molar-refractivity contribution in [3.8, 4) is 5.75 Å². The number of carboxylic acid groups (broad SMARTS) is 1. The van der Waals surface area contributed by atoms with E-state index in [0.29, 0.717) is 6.54 Å². The first-order chi connectivity index (χ1) is 14.9. The summed E-state index contributed by atoms with van der Waals surface area (Å²) in [6.07, 6.45) is 3.85. The van der Waals surface area contributed by atoms with Gasteiger partial charge in [-0.25, -0.2) is 4.79 Å². The van der Waals surface area contributed by atoms with Crippen LogP contribution in [-0.4, -0.2) is 34.6 Å². The minimum absolute atomic E-state index is 0.0147. The lowest BCUT2D eigenvalue weighted by atomic mass is 9.83. The van der Waals surface area contributed by atoms with Gasteiger partial charge in [-0.15, -0.1) is 5.06 Å². The number of carboxylic acids is 1. The highest BCUT2D eigenvalue weighted by atomic mass is 16.7. The molecule has 0 aromatic heterocycles. The fourth-order valence-corrected chi connectivity index (χ4v) is 4.25. The SMILES string of the molecule is CCN(Oc1cccc(C)c1)C1CCCCC1C(=O)N[C@@H](C)c1ccc(C(=O)O)cc1. The van der Waals surface area contributed by atoms with Gasteiger partial charge in [-0.1, -0.05) is 37.1 Å². The zero-order valence-corrected chi connectivity index (χ0v) is 18.5. The lowest BCUT2D eigenvalue weighted by molar-refractivity contribution is -0.145. The monoisotopic (exact) mass is 424 g/mol. The van der Waals surface area contributed by atoms with Gasteiger partial charge in [-0.3, -0.25) is 4.79 Å². The van der Waals surface area contributed by atoms with Gasteiger partial charge in [-0.05, 0) is 69.0 Å². The summed E-state index contributed by atoms with van der Waals surface area (Å²) in [5, 5.41) is 14.1. The maximum absolute atomic E-state index is 13.2. The van der Waals surface area contributed by atoms with E-state index in [9.17, 15) is 9.59 Å². The third-order valence-corrected chi connectivity index (χ3v) is 5.98. The zero-order chi connectivity index (χ0) is 22.4. The van der Waals surface area contributed by atoms with Crippen molar-refractivity contribution in [3.63, 3.8) is 0 Å². The van der Waals surface area contributed by atoms with Gasteiger partial charge in [0.1, 0.15) is 5.75 Å². The molecule has 0 saturated heterocycles. The van der Waals surface area contributed by atoms with Crippen molar-refractivity contribution >= 4 is 11.9 Å². The molecule has 0 aliphatic heterocycles. The first-order valence-electron chi connectivity index (χ1n) is 11.0. The molecule has 166 valence electrons. The largest absolute Gasteiger partial charge is 0.478 e. The molecule has 1 aliphatic rings. The van der Waals surface area contributed by atoms with E-state index in [1.807, 2.05) is 50.1 Å². The molecule has 2 unspecified atom stereocenters. The van der Waals surface area contributed by atoms with Crippen LogP contribution in [0.25, 0.3) is 0 Å². The molecule has 31 heavy (non-hydrogen) atoms. The van der Waals surface area contributed by atoms with E-state index in [4.69, 9.17) is 9.94 Å². The number of hydroxylamine groups is 2. The van der Waals surface area contributed by atoms with Crippen molar-refractivity contribution in [2.75, 3.05) is 6.54 Å². The van der Waals surface area contributed by atoms with Crippen molar-refractivity contribution in [3.05, 3.63) is 65.2 Å². The normalized spacial score (nSPS) is 19.6. The number of nitrogens with zero attached hydrogens (tertiary/aromatic N) is 1. The molecule has 2 N–H and O–H groups in total. The molecule has 3 rings (SSSR count). The summed E-state index contributed by atoms with van der Waals surface area (Å²) in [6, 6.07) is 14.4. The Balaban J connectivity index is 1.69. The predicted octanol–water partition coefficient (Wildman–Crippen LogP) is 4.75. The Hall–Kier alpha value is -2.86. The van der Waals surface area contributed by atoms with E-state index in [-0.39, 0.29) is 29.5 Å². The van der Waals surface area contributed by atoms with Gasteiger partial charge in [0.2, 0.25) is 5.91 Å². The Labute approximate surface area is 184 Å². The van der Waals surface area contributed by atoms with Gasteiger partial charge in [0.25, 0.3) is 0 Å². The van der Waals surface area contributed by atoms with Gasteiger partial charge in [-0.2, -0.15) is 0 Å². The molecule has 2 aromatic rings. The standard InChI is InChI=1S/C25H32N2O4/c1-4-27(31-21-9-7-8-17(2)16-21)23-11-6-5-10-22(23)24(28)26-18(3)19-12-14-20(15-13-19)25(29)30/h7-9,12-16,18,22-23H,4-6,10-11H2,1-3H3,(H,26,28)(H,29,30)/t18-,22?,23?/m0/s1. The molecule has 1 fully saturated rings. The first-order valence-corrected chi connectivity index (χ1v) is 11.0. The molecule has 2 aromatic carbocycles. The Morgan fingerprint density at radius 1 is 1.16 bits per heavy atom. The lowest BCUT2D eigenvalue weighted by Crippen LogP contribution is -2.50. The third-order valence-electron chi connectivity index (χ3n) is 5.98. The fourth-order valence-electron chi connectivity index (χ4n) is 4.25. The number of rotatable bonds is 8. The van der Waals surface area contributed by atoms with Crippen LogP contribution in [0, 0.1) is 12.8 Å². The number of aromatic carboxylic acids is 1.